The van der Waals surface area contributed by atoms with Crippen molar-refractivity contribution in [2.45, 2.75) is 19.0 Å². The summed E-state index contributed by atoms with van der Waals surface area (Å²) in [7, 11) is 1.79. The first-order chi connectivity index (χ1) is 12.0. The molecule has 0 saturated heterocycles. The lowest BCUT2D eigenvalue weighted by Gasteiger charge is -2.23. The number of hydrogen-bond acceptors (Lipinski definition) is 4. The average Bonchev–Trinajstić information content (AvgIpc) is 3.02. The highest BCUT2D eigenvalue weighted by Crippen LogP contribution is 2.22. The van der Waals surface area contributed by atoms with Crippen LogP contribution in [0.1, 0.15) is 18.5 Å². The number of carbonyl (C=O) groups is 1. The van der Waals surface area contributed by atoms with E-state index in [9.17, 15) is 4.79 Å². The first-order valence-electron chi connectivity index (χ1n) is 8.18. The van der Waals surface area contributed by atoms with Crippen LogP contribution in [0.15, 0.2) is 54.9 Å². The molecule has 0 saturated carbocycles. The standard InChI is InChI=1S/C19H22N4O2/c1-13(20)19(16-8-7-14-5-3-4-6-15(14)9-16)22-18(24)12-25-17-10-21-23(2)11-17/h3-11,13,19H,12,20H2,1-2H3,(H,22,24). The van der Waals surface area contributed by atoms with E-state index in [0.29, 0.717) is 5.75 Å². The fraction of sp³-hybridized carbons (Fsp3) is 0.263. The van der Waals surface area contributed by atoms with Gasteiger partial charge in [-0.1, -0.05) is 36.4 Å². The van der Waals surface area contributed by atoms with Crippen molar-refractivity contribution < 1.29 is 9.53 Å². The van der Waals surface area contributed by atoms with Crippen molar-refractivity contribution in [1.29, 1.82) is 0 Å². The lowest BCUT2D eigenvalue weighted by molar-refractivity contribution is -0.124. The van der Waals surface area contributed by atoms with Crippen molar-refractivity contribution in [1.82, 2.24) is 15.1 Å². The third-order valence-electron chi connectivity index (χ3n) is 4.03. The van der Waals surface area contributed by atoms with Crippen molar-refractivity contribution in [3.05, 3.63) is 60.4 Å². The van der Waals surface area contributed by atoms with Gasteiger partial charge in [-0.05, 0) is 29.3 Å². The third kappa shape index (κ3) is 4.16. The first-order valence-corrected chi connectivity index (χ1v) is 8.18. The summed E-state index contributed by atoms with van der Waals surface area (Å²) in [6.45, 7) is 1.80. The fourth-order valence-electron chi connectivity index (χ4n) is 2.76. The second-order valence-corrected chi connectivity index (χ2v) is 6.15. The molecule has 1 aromatic heterocycles. The molecule has 3 N–H and O–H groups in total. The maximum Gasteiger partial charge on any atom is 0.258 e. The SMILES string of the molecule is CC(N)C(NC(=O)COc1cnn(C)c1)c1ccc2ccccc2c1. The van der Waals surface area contributed by atoms with Gasteiger partial charge < -0.3 is 15.8 Å². The van der Waals surface area contributed by atoms with E-state index < -0.39 is 0 Å². The van der Waals surface area contributed by atoms with E-state index in [1.807, 2.05) is 37.3 Å². The Bertz CT molecular complexity index is 872. The van der Waals surface area contributed by atoms with Crippen molar-refractivity contribution in [2.75, 3.05) is 6.61 Å². The Labute approximate surface area is 146 Å². The number of hydrogen-bond donors (Lipinski definition) is 2. The van der Waals surface area contributed by atoms with E-state index >= 15 is 0 Å². The van der Waals surface area contributed by atoms with Crippen LogP contribution in [-0.4, -0.2) is 28.3 Å². The van der Waals surface area contributed by atoms with Crippen LogP contribution in [0.5, 0.6) is 5.75 Å². The molecular formula is C19H22N4O2. The van der Waals surface area contributed by atoms with E-state index in [1.54, 1.807) is 24.1 Å². The summed E-state index contributed by atoms with van der Waals surface area (Å²) in [5.74, 6) is 0.333. The minimum Gasteiger partial charge on any atom is -0.480 e. The van der Waals surface area contributed by atoms with Crippen molar-refractivity contribution >= 4 is 16.7 Å². The Balaban J connectivity index is 1.70. The lowest BCUT2D eigenvalue weighted by Crippen LogP contribution is -2.41. The molecule has 6 nitrogen and oxygen atoms in total. The van der Waals surface area contributed by atoms with E-state index in [2.05, 4.69) is 22.5 Å². The normalized spacial score (nSPS) is 13.4. The number of benzene rings is 2. The highest BCUT2D eigenvalue weighted by Gasteiger charge is 2.19. The molecular weight excluding hydrogens is 316 g/mol. The predicted molar refractivity (Wildman–Crippen MR) is 97.2 cm³/mol. The summed E-state index contributed by atoms with van der Waals surface area (Å²) in [6, 6.07) is 13.7. The third-order valence-corrected chi connectivity index (χ3v) is 4.03. The van der Waals surface area contributed by atoms with Crippen molar-refractivity contribution in [3.63, 3.8) is 0 Å². The van der Waals surface area contributed by atoms with Gasteiger partial charge in [-0.3, -0.25) is 9.48 Å². The number of aryl methyl sites for hydroxylation is 1. The molecule has 25 heavy (non-hydrogen) atoms. The molecule has 2 unspecified atom stereocenters. The number of nitrogens with zero attached hydrogens (tertiary/aromatic N) is 2. The Morgan fingerprint density at radius 2 is 2.04 bits per heavy atom. The van der Waals surface area contributed by atoms with Crippen LogP contribution < -0.4 is 15.8 Å². The van der Waals surface area contributed by atoms with E-state index in [1.165, 1.54) is 0 Å². The Morgan fingerprint density at radius 1 is 1.28 bits per heavy atom. The van der Waals surface area contributed by atoms with Crippen LogP contribution in [0.3, 0.4) is 0 Å². The summed E-state index contributed by atoms with van der Waals surface area (Å²) < 4.78 is 7.06. The van der Waals surface area contributed by atoms with Gasteiger partial charge in [-0.25, -0.2) is 0 Å². The van der Waals surface area contributed by atoms with E-state index in [-0.39, 0.29) is 24.6 Å². The quantitative estimate of drug-likeness (QED) is 0.721. The molecule has 2 aromatic carbocycles. The number of nitrogens with one attached hydrogen (secondary N) is 1. The molecule has 2 atom stereocenters. The smallest absolute Gasteiger partial charge is 0.258 e. The monoisotopic (exact) mass is 338 g/mol. The Morgan fingerprint density at radius 3 is 2.72 bits per heavy atom. The number of amides is 1. The second-order valence-electron chi connectivity index (χ2n) is 6.15. The maximum atomic E-state index is 12.3. The van der Waals surface area contributed by atoms with Gasteiger partial charge in [0.1, 0.15) is 0 Å². The molecule has 0 spiro atoms. The minimum absolute atomic E-state index is 0.0809. The molecule has 0 aliphatic heterocycles. The number of nitrogens with two attached hydrogens (primary N) is 1. The number of fused-ring (bicyclic) bond motifs is 1. The van der Waals surface area contributed by atoms with E-state index in [4.69, 9.17) is 10.5 Å². The minimum atomic E-state index is -0.283. The summed E-state index contributed by atoms with van der Waals surface area (Å²) in [6.07, 6.45) is 3.28. The van der Waals surface area contributed by atoms with Gasteiger partial charge in [0.15, 0.2) is 12.4 Å². The van der Waals surface area contributed by atoms with Gasteiger partial charge in [0, 0.05) is 13.1 Å². The van der Waals surface area contributed by atoms with Crippen LogP contribution >= 0.6 is 0 Å². The first kappa shape index (κ1) is 17.0. The Hall–Kier alpha value is -2.86. The van der Waals surface area contributed by atoms with E-state index in [0.717, 1.165) is 16.3 Å². The highest BCUT2D eigenvalue weighted by molar-refractivity contribution is 5.83. The summed E-state index contributed by atoms with van der Waals surface area (Å²) >= 11 is 0. The molecule has 0 aliphatic carbocycles. The number of rotatable bonds is 6. The summed E-state index contributed by atoms with van der Waals surface area (Å²) in [5.41, 5.74) is 7.08. The number of aromatic nitrogens is 2. The molecule has 130 valence electrons. The fourth-order valence-corrected chi connectivity index (χ4v) is 2.76. The largest absolute Gasteiger partial charge is 0.480 e. The van der Waals surface area contributed by atoms with Gasteiger partial charge >= 0.3 is 0 Å². The molecule has 3 rings (SSSR count). The number of carbonyl (C=O) groups excluding carboxylic acids is 1. The summed E-state index contributed by atoms with van der Waals surface area (Å²) in [4.78, 5) is 12.3. The van der Waals surface area contributed by atoms with Crippen LogP contribution in [-0.2, 0) is 11.8 Å². The molecule has 6 heteroatoms. The van der Waals surface area contributed by atoms with Gasteiger partial charge in [-0.15, -0.1) is 0 Å². The predicted octanol–water partition coefficient (Wildman–Crippen LogP) is 2.16. The summed E-state index contributed by atoms with van der Waals surface area (Å²) in [5, 5.41) is 9.23. The van der Waals surface area contributed by atoms with Gasteiger partial charge in [-0.2, -0.15) is 5.10 Å². The second kappa shape index (κ2) is 7.36. The zero-order chi connectivity index (χ0) is 17.8. The topological polar surface area (TPSA) is 82.2 Å². The van der Waals surface area contributed by atoms with Gasteiger partial charge in [0.05, 0.1) is 18.4 Å². The molecule has 0 radical (unpaired) electrons. The Kier molecular flexibility index (Phi) is 5.00. The van der Waals surface area contributed by atoms with Crippen molar-refractivity contribution in [3.8, 4) is 5.75 Å². The highest BCUT2D eigenvalue weighted by atomic mass is 16.5. The average molecular weight is 338 g/mol. The maximum absolute atomic E-state index is 12.3. The molecule has 0 bridgehead atoms. The number of ether oxygens (including phenoxy) is 1. The zero-order valence-electron chi connectivity index (χ0n) is 14.3. The van der Waals surface area contributed by atoms with Crippen LogP contribution in [0.25, 0.3) is 10.8 Å². The molecule has 0 fully saturated rings. The molecule has 0 aliphatic rings. The lowest BCUT2D eigenvalue weighted by atomic mass is 9.98. The van der Waals surface area contributed by atoms with Gasteiger partial charge in [0.2, 0.25) is 0 Å². The molecule has 3 aromatic rings. The molecule has 1 amide bonds. The van der Waals surface area contributed by atoms with Crippen LogP contribution in [0.4, 0.5) is 0 Å². The zero-order valence-corrected chi connectivity index (χ0v) is 14.3. The van der Waals surface area contributed by atoms with Crippen LogP contribution in [0.2, 0.25) is 0 Å². The van der Waals surface area contributed by atoms with Crippen molar-refractivity contribution in [2.24, 2.45) is 12.8 Å². The van der Waals surface area contributed by atoms with Gasteiger partial charge in [0.25, 0.3) is 5.91 Å². The molecule has 1 heterocycles. The van der Waals surface area contributed by atoms with Crippen LogP contribution in [0, 0.1) is 0 Å².